The topological polar surface area (TPSA) is 0 Å². The Morgan fingerprint density at radius 1 is 1.11 bits per heavy atom. The molecular weight excluding hydrogens is 187 g/mol. The fraction of sp³-hybridized carbons (Fsp3) is 0. The number of rotatable bonds is 0. The van der Waals surface area contributed by atoms with Crippen LogP contribution in [0.25, 0.3) is 0 Å². The molecule has 0 heterocycles. The van der Waals surface area contributed by atoms with Crippen LogP contribution >= 0.6 is 0 Å². The maximum absolute atomic E-state index is 12.0. The number of hydrogen-bond acceptors (Lipinski definition) is 0. The molecule has 0 unspecified atom stereocenters. The van der Waals surface area contributed by atoms with Crippen molar-refractivity contribution in [3.63, 3.8) is 0 Å². The van der Waals surface area contributed by atoms with Gasteiger partial charge in [0, 0.05) is 58.2 Å². The van der Waals surface area contributed by atoms with Crippen LogP contribution < -0.4 is 5.46 Å². The first-order chi connectivity index (χ1) is 3.79. The zero-order chi connectivity index (χ0) is 5.98. The second-order valence-electron chi connectivity index (χ2n) is 1.55. The molecule has 0 spiro atoms. The molecule has 1 rings (SSSR count). The van der Waals surface area contributed by atoms with E-state index in [4.69, 9.17) is 7.85 Å². The van der Waals surface area contributed by atoms with E-state index in [1.54, 1.807) is 0 Å². The molecule has 0 aromatic heterocycles. The molecule has 39 valence electrons. The Hall–Kier alpha value is 1.02. The summed E-state index contributed by atoms with van der Waals surface area (Å²) in [5, 5.41) is 0. The molecule has 0 bridgehead atoms. The second-order valence-corrected chi connectivity index (χ2v) is 1.55. The van der Waals surface area contributed by atoms with Crippen molar-refractivity contribution in [2.75, 3.05) is 0 Å². The Bertz CT molecular complexity index is 152. The third kappa shape index (κ3) is 3.66. The summed E-state index contributed by atoms with van der Waals surface area (Å²) in [4.78, 5) is 0. The molecule has 3 heteroatoms. The third-order valence-corrected chi connectivity index (χ3v) is 0.870. The first-order valence-corrected chi connectivity index (χ1v) is 2.30. The van der Waals surface area contributed by atoms with Gasteiger partial charge in [0.1, 0.15) is 13.7 Å². The van der Waals surface area contributed by atoms with Gasteiger partial charge in [-0.25, -0.2) is 4.39 Å². The number of benzene rings is 1. The normalized spacial score (nSPS) is 8.11. The Morgan fingerprint density at radius 2 is 1.56 bits per heavy atom. The Kier molecular flexibility index (Phi) is 5.32. The molecule has 0 atom stereocenters. The maximum atomic E-state index is 12.0. The van der Waals surface area contributed by atoms with E-state index in [9.17, 15) is 4.39 Å². The average molecular weight is 191 g/mol. The van der Waals surface area contributed by atoms with Gasteiger partial charge in [-0.2, -0.15) is 0 Å². The first-order valence-electron chi connectivity index (χ1n) is 2.30. The third-order valence-electron chi connectivity index (χ3n) is 0.870. The Labute approximate surface area is 104 Å². The van der Waals surface area contributed by atoms with Crippen LogP contribution in [0.3, 0.4) is 0 Å². The van der Waals surface area contributed by atoms with Gasteiger partial charge in [-0.3, -0.25) is 0 Å². The fourth-order valence-corrected chi connectivity index (χ4v) is 0.463. The van der Waals surface area contributed by atoms with Crippen molar-refractivity contribution < 1.29 is 4.39 Å². The molecule has 1 aromatic carbocycles. The van der Waals surface area contributed by atoms with Crippen molar-refractivity contribution >= 4 is 71.5 Å². The van der Waals surface area contributed by atoms with Gasteiger partial charge in [0.15, 0.2) is 0 Å². The molecule has 0 aliphatic heterocycles. The molecule has 0 N–H and O–H groups in total. The smallest absolute Gasteiger partial charge is 0.123 e. The molecule has 0 nitrogen and oxygen atoms in total. The van der Waals surface area contributed by atoms with Crippen LogP contribution in [0.15, 0.2) is 24.3 Å². The zero-order valence-electron chi connectivity index (χ0n) is 5.26. The summed E-state index contributed by atoms with van der Waals surface area (Å²) in [5.74, 6) is -0.251. The average Bonchev–Trinajstić information content (AvgIpc) is 1.77. The SMILES string of the molecule is [B]c1ccc(F)cc1.[Rb]. The van der Waals surface area contributed by atoms with Crippen molar-refractivity contribution in [1.82, 2.24) is 0 Å². The minimum atomic E-state index is -0.251. The van der Waals surface area contributed by atoms with Crippen LogP contribution in [0.4, 0.5) is 4.39 Å². The summed E-state index contributed by atoms with van der Waals surface area (Å²) < 4.78 is 12.0. The summed E-state index contributed by atoms with van der Waals surface area (Å²) in [5.41, 5.74) is 0.589. The minimum Gasteiger partial charge on any atom is -0.207 e. The van der Waals surface area contributed by atoms with Crippen molar-refractivity contribution in [3.8, 4) is 0 Å². The molecule has 0 fully saturated rings. The van der Waals surface area contributed by atoms with Gasteiger partial charge in [-0.15, -0.1) is 0 Å². The standard InChI is InChI=1S/C6H4BF.Rb/c7-5-1-3-6(8)4-2-5;/h1-4H;. The molecule has 1 aromatic rings. The van der Waals surface area contributed by atoms with Crippen LogP contribution in [0.5, 0.6) is 0 Å². The molecule has 0 saturated heterocycles. The predicted molar refractivity (Wildman–Crippen MR) is 37.5 cm³/mol. The summed E-state index contributed by atoms with van der Waals surface area (Å²) in [6.07, 6.45) is 0. The van der Waals surface area contributed by atoms with E-state index >= 15 is 0 Å². The molecule has 0 amide bonds. The summed E-state index contributed by atoms with van der Waals surface area (Å²) in [6, 6.07) is 5.70. The fourth-order valence-electron chi connectivity index (χ4n) is 0.463. The molecule has 0 aliphatic rings. The summed E-state index contributed by atoms with van der Waals surface area (Å²) in [7, 11) is 5.26. The molecule has 0 saturated carbocycles. The van der Waals surface area contributed by atoms with Crippen molar-refractivity contribution in [2.45, 2.75) is 0 Å². The van der Waals surface area contributed by atoms with Crippen LogP contribution in [-0.2, 0) is 0 Å². The predicted octanol–water partition coefficient (Wildman–Crippen LogP) is 0.239. The zero-order valence-corrected chi connectivity index (χ0v) is 10.2. The largest absolute Gasteiger partial charge is 0.207 e. The van der Waals surface area contributed by atoms with Gasteiger partial charge >= 0.3 is 0 Å². The summed E-state index contributed by atoms with van der Waals surface area (Å²) >= 11 is 0. The van der Waals surface area contributed by atoms with Gasteiger partial charge in [0.2, 0.25) is 0 Å². The molecule has 3 radical (unpaired) electrons. The van der Waals surface area contributed by atoms with Gasteiger partial charge < -0.3 is 0 Å². The Balaban J connectivity index is 0.000000640. The van der Waals surface area contributed by atoms with Crippen LogP contribution in [0.1, 0.15) is 0 Å². The van der Waals surface area contributed by atoms with E-state index in [2.05, 4.69) is 0 Å². The van der Waals surface area contributed by atoms with E-state index in [1.165, 1.54) is 24.3 Å². The minimum absolute atomic E-state index is 0. The molecular formula is C6H4BFRb. The van der Waals surface area contributed by atoms with Crippen LogP contribution in [-0.4, -0.2) is 66.0 Å². The number of halogens is 1. The van der Waals surface area contributed by atoms with E-state index in [0.29, 0.717) is 5.46 Å². The van der Waals surface area contributed by atoms with E-state index in [1.807, 2.05) is 0 Å². The van der Waals surface area contributed by atoms with Gasteiger partial charge in [-0.1, -0.05) is 17.6 Å². The van der Waals surface area contributed by atoms with Gasteiger partial charge in [-0.05, 0) is 12.1 Å². The van der Waals surface area contributed by atoms with Crippen molar-refractivity contribution in [1.29, 1.82) is 0 Å². The van der Waals surface area contributed by atoms with Crippen molar-refractivity contribution in [3.05, 3.63) is 30.1 Å². The maximum Gasteiger partial charge on any atom is 0.123 e. The monoisotopic (exact) mass is 191 g/mol. The second kappa shape index (κ2) is 4.78. The van der Waals surface area contributed by atoms with Crippen LogP contribution in [0, 0.1) is 5.82 Å². The van der Waals surface area contributed by atoms with Gasteiger partial charge in [0.05, 0.1) is 0 Å². The quantitative estimate of drug-likeness (QED) is 0.515. The van der Waals surface area contributed by atoms with Gasteiger partial charge in [0.25, 0.3) is 0 Å². The van der Waals surface area contributed by atoms with Crippen molar-refractivity contribution in [2.24, 2.45) is 0 Å². The molecule has 0 aliphatic carbocycles. The van der Waals surface area contributed by atoms with E-state index < -0.39 is 0 Å². The van der Waals surface area contributed by atoms with Crippen LogP contribution in [0.2, 0.25) is 0 Å². The van der Waals surface area contributed by atoms with E-state index in [-0.39, 0.29) is 64.0 Å². The Morgan fingerprint density at radius 3 is 1.89 bits per heavy atom. The molecule has 9 heavy (non-hydrogen) atoms. The first kappa shape index (κ1) is 10.0. The van der Waals surface area contributed by atoms with E-state index in [0.717, 1.165) is 0 Å². The summed E-state index contributed by atoms with van der Waals surface area (Å²) in [6.45, 7) is 0. The number of hydrogen-bond donors (Lipinski definition) is 0.